The van der Waals surface area contributed by atoms with Crippen molar-refractivity contribution < 1.29 is 4.79 Å². The topological polar surface area (TPSA) is 68.0 Å². The van der Waals surface area contributed by atoms with E-state index in [1.54, 1.807) is 22.7 Å². The summed E-state index contributed by atoms with van der Waals surface area (Å²) in [5.74, 6) is -0.160. The van der Waals surface area contributed by atoms with E-state index in [1.807, 2.05) is 41.9 Å². The van der Waals surface area contributed by atoms with Gasteiger partial charge in [-0.3, -0.25) is 4.79 Å². The monoisotopic (exact) mass is 431 g/mol. The molecule has 1 aliphatic rings. The minimum atomic E-state index is -0.160. The third kappa shape index (κ3) is 3.42. The highest BCUT2D eigenvalue weighted by atomic mass is 32.1. The fourth-order valence-electron chi connectivity index (χ4n) is 3.75. The molecule has 0 bridgehead atoms. The lowest BCUT2D eigenvalue weighted by molar-refractivity contribution is 0.102. The highest BCUT2D eigenvalue weighted by Gasteiger charge is 2.48. The third-order valence-corrected chi connectivity index (χ3v) is 7.64. The van der Waals surface area contributed by atoms with Crippen molar-refractivity contribution in [1.29, 1.82) is 0 Å². The number of thiophene rings is 1. The fourth-order valence-corrected chi connectivity index (χ4v) is 5.54. The number of carbonyl (C=O) groups is 1. The van der Waals surface area contributed by atoms with Crippen LogP contribution in [0.5, 0.6) is 0 Å². The smallest absolute Gasteiger partial charge is 0.255 e. The van der Waals surface area contributed by atoms with Crippen molar-refractivity contribution >= 4 is 40.0 Å². The highest BCUT2D eigenvalue weighted by molar-refractivity contribution is 7.15. The number of nitrogens with one attached hydrogen (secondary N) is 1. The molecule has 6 heteroatoms. The molecule has 2 heterocycles. The molecule has 1 saturated carbocycles. The second kappa shape index (κ2) is 7.38. The van der Waals surface area contributed by atoms with E-state index in [2.05, 4.69) is 41.5 Å². The summed E-state index contributed by atoms with van der Waals surface area (Å²) >= 11 is 3.42. The number of nitrogens with zero attached hydrogens (tertiary/aromatic N) is 1. The van der Waals surface area contributed by atoms with Crippen molar-refractivity contribution in [2.45, 2.75) is 25.2 Å². The second-order valence-corrected chi connectivity index (χ2v) is 9.85. The molecule has 0 atom stereocenters. The van der Waals surface area contributed by atoms with Gasteiger partial charge in [0.2, 0.25) is 0 Å². The normalized spacial score (nSPS) is 14.4. The van der Waals surface area contributed by atoms with Crippen LogP contribution in [0.2, 0.25) is 0 Å². The third-order valence-electron chi connectivity index (χ3n) is 5.62. The lowest BCUT2D eigenvalue weighted by atomic mass is 9.95. The van der Waals surface area contributed by atoms with Crippen molar-refractivity contribution in [2.24, 2.45) is 0 Å². The number of aromatic nitrogens is 1. The highest BCUT2D eigenvalue weighted by Crippen LogP contribution is 2.54. The number of nitrogens with two attached hydrogens (primary N) is 1. The van der Waals surface area contributed by atoms with E-state index in [0.717, 1.165) is 28.3 Å². The van der Waals surface area contributed by atoms with Crippen molar-refractivity contribution in [1.82, 2.24) is 4.98 Å². The molecule has 1 amide bonds. The molecule has 0 aliphatic heterocycles. The van der Waals surface area contributed by atoms with E-state index >= 15 is 0 Å². The molecule has 150 valence electrons. The van der Waals surface area contributed by atoms with Gasteiger partial charge in [-0.2, -0.15) is 0 Å². The Bertz CT molecular complexity index is 1210. The zero-order valence-corrected chi connectivity index (χ0v) is 18.1. The Morgan fingerprint density at radius 3 is 2.53 bits per heavy atom. The van der Waals surface area contributed by atoms with Crippen LogP contribution in [-0.4, -0.2) is 10.9 Å². The van der Waals surface area contributed by atoms with Gasteiger partial charge in [-0.05, 0) is 67.3 Å². The lowest BCUT2D eigenvalue weighted by Crippen LogP contribution is -2.14. The molecular weight excluding hydrogens is 410 g/mol. The predicted octanol–water partition coefficient (Wildman–Crippen LogP) is 6.09. The van der Waals surface area contributed by atoms with Gasteiger partial charge in [0.05, 0.1) is 11.4 Å². The Hall–Kier alpha value is -2.96. The van der Waals surface area contributed by atoms with Crippen LogP contribution in [0.3, 0.4) is 0 Å². The van der Waals surface area contributed by atoms with Crippen LogP contribution in [-0.2, 0) is 5.41 Å². The van der Waals surface area contributed by atoms with Gasteiger partial charge in [0.25, 0.3) is 5.91 Å². The average Bonchev–Trinajstić information content (AvgIpc) is 3.15. The number of rotatable bonds is 5. The molecule has 3 N–H and O–H groups in total. The second-order valence-electron chi connectivity index (χ2n) is 7.66. The molecule has 0 radical (unpaired) electrons. The largest absolute Gasteiger partial charge is 0.397 e. The Balaban J connectivity index is 1.36. The zero-order valence-electron chi connectivity index (χ0n) is 16.5. The Morgan fingerprint density at radius 1 is 1.10 bits per heavy atom. The maximum Gasteiger partial charge on any atom is 0.255 e. The molecule has 1 aliphatic carbocycles. The molecule has 0 saturated heterocycles. The van der Waals surface area contributed by atoms with Crippen LogP contribution in [0.1, 0.15) is 38.6 Å². The summed E-state index contributed by atoms with van der Waals surface area (Å²) < 4.78 is 0. The number of hydrogen-bond acceptors (Lipinski definition) is 5. The quantitative estimate of drug-likeness (QED) is 0.376. The maximum atomic E-state index is 12.8. The summed E-state index contributed by atoms with van der Waals surface area (Å²) in [5, 5.41) is 6.16. The molecular formula is C24H21N3OS2. The van der Waals surface area contributed by atoms with Crippen molar-refractivity contribution in [2.75, 3.05) is 11.1 Å². The van der Waals surface area contributed by atoms with Gasteiger partial charge < -0.3 is 11.1 Å². The van der Waals surface area contributed by atoms with E-state index in [0.29, 0.717) is 16.9 Å². The van der Waals surface area contributed by atoms with E-state index < -0.39 is 0 Å². The number of amides is 1. The summed E-state index contributed by atoms with van der Waals surface area (Å²) in [6, 6.07) is 17.8. The number of carbonyl (C=O) groups excluding carboxylic acids is 1. The van der Waals surface area contributed by atoms with Gasteiger partial charge >= 0.3 is 0 Å². The Labute approximate surface area is 183 Å². The summed E-state index contributed by atoms with van der Waals surface area (Å²) in [6.45, 7) is 2.08. The number of thiazole rings is 1. The first-order chi connectivity index (χ1) is 14.5. The summed E-state index contributed by atoms with van der Waals surface area (Å²) in [5.41, 5.74) is 10.2. The summed E-state index contributed by atoms with van der Waals surface area (Å²) in [7, 11) is 0. The molecule has 1 fully saturated rings. The van der Waals surface area contributed by atoms with Crippen LogP contribution in [0.15, 0.2) is 66.2 Å². The van der Waals surface area contributed by atoms with Gasteiger partial charge in [0.15, 0.2) is 0 Å². The zero-order chi connectivity index (χ0) is 20.7. The van der Waals surface area contributed by atoms with Gasteiger partial charge in [-0.25, -0.2) is 4.98 Å². The van der Waals surface area contributed by atoms with Crippen LogP contribution in [0, 0.1) is 6.92 Å². The number of nitrogen functional groups attached to an aromatic ring is 1. The average molecular weight is 432 g/mol. The molecule has 0 unspecified atom stereocenters. The first kappa shape index (κ1) is 19.0. The van der Waals surface area contributed by atoms with Crippen molar-refractivity contribution in [3.05, 3.63) is 87.2 Å². The molecule has 0 spiro atoms. The van der Waals surface area contributed by atoms with Gasteiger partial charge in [0.1, 0.15) is 5.01 Å². The van der Waals surface area contributed by atoms with Crippen LogP contribution >= 0.6 is 22.7 Å². The van der Waals surface area contributed by atoms with Gasteiger partial charge in [-0.15, -0.1) is 22.7 Å². The predicted molar refractivity (Wildman–Crippen MR) is 125 cm³/mol. The lowest BCUT2D eigenvalue weighted by Gasteiger charge is -2.14. The minimum Gasteiger partial charge on any atom is -0.397 e. The van der Waals surface area contributed by atoms with Crippen LogP contribution < -0.4 is 11.1 Å². The standard InChI is InChI=1S/C24H21N3OS2/c1-15-2-9-21(30-15)17-5-8-19(25)20(14-17)27-22(28)16-3-6-18(7-4-16)24(10-11-24)23-26-12-13-29-23/h2-9,12-14H,10-11,25H2,1H3,(H,27,28). The van der Waals surface area contributed by atoms with Crippen molar-refractivity contribution in [3.63, 3.8) is 0 Å². The number of hydrogen-bond donors (Lipinski definition) is 2. The minimum absolute atomic E-state index is 0.0424. The molecule has 30 heavy (non-hydrogen) atoms. The van der Waals surface area contributed by atoms with E-state index in [-0.39, 0.29) is 11.3 Å². The maximum absolute atomic E-state index is 12.8. The summed E-state index contributed by atoms with van der Waals surface area (Å²) in [6.07, 6.45) is 4.08. The van der Waals surface area contributed by atoms with Gasteiger partial charge in [-0.1, -0.05) is 18.2 Å². The van der Waals surface area contributed by atoms with E-state index in [9.17, 15) is 4.79 Å². The first-order valence-electron chi connectivity index (χ1n) is 9.83. The fraction of sp³-hybridized carbons (Fsp3) is 0.167. The molecule has 2 aromatic carbocycles. The van der Waals surface area contributed by atoms with E-state index in [1.165, 1.54) is 10.4 Å². The first-order valence-corrected chi connectivity index (χ1v) is 11.5. The molecule has 2 aromatic heterocycles. The van der Waals surface area contributed by atoms with Crippen LogP contribution in [0.25, 0.3) is 10.4 Å². The SMILES string of the molecule is Cc1ccc(-c2ccc(N)c(NC(=O)c3ccc(C4(c5nccs5)CC4)cc3)c2)s1. The number of anilines is 2. The Kier molecular flexibility index (Phi) is 4.68. The van der Waals surface area contributed by atoms with Crippen LogP contribution in [0.4, 0.5) is 11.4 Å². The summed E-state index contributed by atoms with van der Waals surface area (Å²) in [4.78, 5) is 19.8. The van der Waals surface area contributed by atoms with Crippen molar-refractivity contribution in [3.8, 4) is 10.4 Å². The molecule has 5 rings (SSSR count). The Morgan fingerprint density at radius 2 is 1.90 bits per heavy atom. The number of aryl methyl sites for hydroxylation is 1. The van der Waals surface area contributed by atoms with E-state index in [4.69, 9.17) is 5.73 Å². The molecule has 4 aromatic rings. The number of benzene rings is 2. The molecule has 4 nitrogen and oxygen atoms in total. The van der Waals surface area contributed by atoms with Gasteiger partial charge in [0, 0.05) is 32.3 Å².